The van der Waals surface area contributed by atoms with Gasteiger partial charge in [0.15, 0.2) is 0 Å². The average Bonchev–Trinajstić information content (AvgIpc) is 2.39. The number of rotatable bonds is 6. The van der Waals surface area contributed by atoms with E-state index in [4.69, 9.17) is 5.11 Å². The second kappa shape index (κ2) is 6.59. The van der Waals surface area contributed by atoms with Crippen LogP contribution >= 0.6 is 0 Å². The fraction of sp³-hybridized carbons (Fsp3) is 0.286. The first-order chi connectivity index (χ1) is 8.60. The molecule has 1 N–H and O–H groups in total. The third-order valence-corrected chi connectivity index (χ3v) is 2.63. The zero-order valence-corrected chi connectivity index (χ0v) is 10.4. The highest BCUT2D eigenvalue weighted by atomic mass is 16.4. The van der Waals surface area contributed by atoms with Crippen LogP contribution < -0.4 is 0 Å². The number of amides is 1. The van der Waals surface area contributed by atoms with E-state index >= 15 is 0 Å². The molecular weight excluding hydrogens is 230 g/mol. The summed E-state index contributed by atoms with van der Waals surface area (Å²) in [7, 11) is 0. The molecule has 18 heavy (non-hydrogen) atoms. The van der Waals surface area contributed by atoms with Crippen LogP contribution in [0.15, 0.2) is 36.9 Å². The molecule has 0 saturated heterocycles. The predicted molar refractivity (Wildman–Crippen MR) is 69.8 cm³/mol. The third kappa shape index (κ3) is 3.45. The van der Waals surface area contributed by atoms with E-state index in [1.807, 2.05) is 6.92 Å². The maximum Gasteiger partial charge on any atom is 0.335 e. The lowest BCUT2D eigenvalue weighted by molar-refractivity contribution is 0.0697. The Morgan fingerprint density at radius 1 is 1.39 bits per heavy atom. The fourth-order valence-electron chi connectivity index (χ4n) is 1.62. The van der Waals surface area contributed by atoms with E-state index in [1.165, 1.54) is 12.1 Å². The lowest BCUT2D eigenvalue weighted by Gasteiger charge is -2.20. The zero-order valence-electron chi connectivity index (χ0n) is 10.4. The first-order valence-electron chi connectivity index (χ1n) is 5.83. The molecule has 0 aliphatic rings. The van der Waals surface area contributed by atoms with Crippen molar-refractivity contribution >= 4 is 11.9 Å². The molecule has 96 valence electrons. The van der Waals surface area contributed by atoms with Crippen molar-refractivity contribution in [2.45, 2.75) is 13.3 Å². The number of hydrogen-bond acceptors (Lipinski definition) is 2. The summed E-state index contributed by atoms with van der Waals surface area (Å²) in [4.78, 5) is 24.7. The molecule has 4 heteroatoms. The van der Waals surface area contributed by atoms with Crippen LogP contribution in [0, 0.1) is 0 Å². The summed E-state index contributed by atoms with van der Waals surface area (Å²) < 4.78 is 0. The largest absolute Gasteiger partial charge is 0.478 e. The number of carboxylic acid groups (broad SMARTS) is 1. The van der Waals surface area contributed by atoms with Crippen molar-refractivity contribution < 1.29 is 14.7 Å². The molecule has 0 unspecified atom stereocenters. The summed E-state index contributed by atoms with van der Waals surface area (Å²) in [6.07, 6.45) is 2.47. The van der Waals surface area contributed by atoms with Crippen molar-refractivity contribution in [2.24, 2.45) is 0 Å². The van der Waals surface area contributed by atoms with Crippen molar-refractivity contribution in [2.75, 3.05) is 13.1 Å². The highest BCUT2D eigenvalue weighted by Crippen LogP contribution is 2.09. The van der Waals surface area contributed by atoms with E-state index in [0.717, 1.165) is 6.42 Å². The van der Waals surface area contributed by atoms with Gasteiger partial charge in [0.2, 0.25) is 0 Å². The maximum absolute atomic E-state index is 12.2. The molecule has 1 aromatic carbocycles. The lowest BCUT2D eigenvalue weighted by atomic mass is 10.1. The Bertz CT molecular complexity index is 454. The number of carbonyl (C=O) groups excluding carboxylic acids is 1. The molecule has 1 rings (SSSR count). The number of carboxylic acids is 1. The van der Waals surface area contributed by atoms with Crippen LogP contribution in [0.4, 0.5) is 0 Å². The van der Waals surface area contributed by atoms with E-state index < -0.39 is 5.97 Å². The number of nitrogens with zero attached hydrogens (tertiary/aromatic N) is 1. The van der Waals surface area contributed by atoms with Gasteiger partial charge in [0.1, 0.15) is 0 Å². The molecule has 0 aromatic heterocycles. The molecule has 1 amide bonds. The monoisotopic (exact) mass is 247 g/mol. The molecule has 0 spiro atoms. The Kier molecular flexibility index (Phi) is 5.11. The molecule has 0 radical (unpaired) electrons. The molecule has 0 aliphatic carbocycles. The molecule has 1 aromatic rings. The van der Waals surface area contributed by atoms with Crippen molar-refractivity contribution in [3.8, 4) is 0 Å². The van der Waals surface area contributed by atoms with Crippen LogP contribution in [-0.2, 0) is 0 Å². The van der Waals surface area contributed by atoms with E-state index in [9.17, 15) is 9.59 Å². The summed E-state index contributed by atoms with van der Waals surface area (Å²) in [6.45, 7) is 6.69. The third-order valence-electron chi connectivity index (χ3n) is 2.63. The van der Waals surface area contributed by atoms with Crippen LogP contribution in [0.1, 0.15) is 34.1 Å². The Balaban J connectivity index is 2.90. The molecule has 0 fully saturated rings. The highest BCUT2D eigenvalue weighted by Gasteiger charge is 2.14. The average molecular weight is 247 g/mol. The van der Waals surface area contributed by atoms with Gasteiger partial charge in [0.25, 0.3) is 5.91 Å². The molecular formula is C14H17NO3. The van der Waals surface area contributed by atoms with Gasteiger partial charge in [-0.2, -0.15) is 0 Å². The zero-order chi connectivity index (χ0) is 13.5. The standard InChI is InChI=1S/C14H17NO3/c1-3-5-9-15(4-2)13(16)11-7-6-8-12(10-11)14(17)18/h3,6-8,10H,1,4-5,9H2,2H3,(H,17,18). The van der Waals surface area contributed by atoms with Gasteiger partial charge in [-0.05, 0) is 31.5 Å². The number of aromatic carboxylic acids is 1. The smallest absolute Gasteiger partial charge is 0.335 e. The van der Waals surface area contributed by atoms with E-state index in [0.29, 0.717) is 18.7 Å². The number of hydrogen-bond donors (Lipinski definition) is 1. The normalized spacial score (nSPS) is 9.83. The first-order valence-corrected chi connectivity index (χ1v) is 5.83. The van der Waals surface area contributed by atoms with Gasteiger partial charge >= 0.3 is 5.97 Å². The van der Waals surface area contributed by atoms with Crippen molar-refractivity contribution in [1.82, 2.24) is 4.90 Å². The van der Waals surface area contributed by atoms with Gasteiger partial charge in [-0.1, -0.05) is 12.1 Å². The van der Waals surface area contributed by atoms with Crippen LogP contribution in [0.5, 0.6) is 0 Å². The minimum Gasteiger partial charge on any atom is -0.478 e. The van der Waals surface area contributed by atoms with Gasteiger partial charge < -0.3 is 10.0 Å². The van der Waals surface area contributed by atoms with Gasteiger partial charge in [-0.25, -0.2) is 4.79 Å². The van der Waals surface area contributed by atoms with Crippen LogP contribution in [0.3, 0.4) is 0 Å². The molecule has 0 atom stereocenters. The first kappa shape index (κ1) is 14.0. The van der Waals surface area contributed by atoms with Gasteiger partial charge in [-0.3, -0.25) is 4.79 Å². The van der Waals surface area contributed by atoms with Crippen LogP contribution in [0.2, 0.25) is 0 Å². The predicted octanol–water partition coefficient (Wildman–Crippen LogP) is 2.42. The number of carbonyl (C=O) groups is 2. The Morgan fingerprint density at radius 2 is 2.06 bits per heavy atom. The molecule has 0 bridgehead atoms. The van der Waals surface area contributed by atoms with E-state index in [2.05, 4.69) is 6.58 Å². The van der Waals surface area contributed by atoms with Crippen molar-refractivity contribution in [3.05, 3.63) is 48.0 Å². The molecule has 0 saturated carbocycles. The Labute approximate surface area is 107 Å². The quantitative estimate of drug-likeness (QED) is 0.785. The maximum atomic E-state index is 12.2. The van der Waals surface area contributed by atoms with Crippen molar-refractivity contribution in [3.63, 3.8) is 0 Å². The molecule has 0 aliphatic heterocycles. The van der Waals surface area contributed by atoms with Crippen molar-refractivity contribution in [1.29, 1.82) is 0 Å². The summed E-state index contributed by atoms with van der Waals surface area (Å²) in [5.41, 5.74) is 0.529. The topological polar surface area (TPSA) is 57.6 Å². The van der Waals surface area contributed by atoms with Gasteiger partial charge in [-0.15, -0.1) is 6.58 Å². The van der Waals surface area contributed by atoms with Gasteiger partial charge in [0.05, 0.1) is 5.56 Å². The second-order valence-corrected chi connectivity index (χ2v) is 3.85. The van der Waals surface area contributed by atoms with E-state index in [-0.39, 0.29) is 11.5 Å². The SMILES string of the molecule is C=CCCN(CC)C(=O)c1cccc(C(=O)O)c1. The lowest BCUT2D eigenvalue weighted by Crippen LogP contribution is -2.31. The van der Waals surface area contributed by atoms with Gasteiger partial charge in [0, 0.05) is 18.7 Å². The Hall–Kier alpha value is -2.10. The summed E-state index contributed by atoms with van der Waals surface area (Å²) in [5.74, 6) is -1.18. The summed E-state index contributed by atoms with van der Waals surface area (Å²) in [5, 5.41) is 8.89. The molecule has 0 heterocycles. The van der Waals surface area contributed by atoms with Crippen LogP contribution in [-0.4, -0.2) is 35.0 Å². The fourth-order valence-corrected chi connectivity index (χ4v) is 1.62. The van der Waals surface area contributed by atoms with E-state index in [1.54, 1.807) is 23.1 Å². The number of benzene rings is 1. The highest BCUT2D eigenvalue weighted by molar-refractivity contribution is 5.97. The second-order valence-electron chi connectivity index (χ2n) is 3.85. The summed E-state index contributed by atoms with van der Waals surface area (Å²) >= 11 is 0. The minimum absolute atomic E-state index is 0.126. The minimum atomic E-state index is -1.03. The van der Waals surface area contributed by atoms with Crippen LogP contribution in [0.25, 0.3) is 0 Å². The Morgan fingerprint density at radius 3 is 2.61 bits per heavy atom. The molecule has 4 nitrogen and oxygen atoms in total. The summed E-state index contributed by atoms with van der Waals surface area (Å²) in [6, 6.07) is 6.09.